The summed E-state index contributed by atoms with van der Waals surface area (Å²) in [5.74, 6) is 0.845. The molecule has 0 saturated carbocycles. The summed E-state index contributed by atoms with van der Waals surface area (Å²) in [7, 11) is 1.66. The van der Waals surface area contributed by atoms with Crippen molar-refractivity contribution in [2.75, 3.05) is 38.2 Å². The molecule has 0 spiro atoms. The average Bonchev–Trinajstić information content (AvgIpc) is 2.69. The minimum atomic E-state index is -0.190. The molecule has 0 unspecified atom stereocenters. The minimum Gasteiger partial charge on any atom is -0.497 e. The van der Waals surface area contributed by atoms with Gasteiger partial charge in [0.2, 0.25) is 0 Å². The normalized spacial score (nSPS) is 14.3. The fraction of sp³-hybridized carbons (Fsp3) is 0.316. The van der Waals surface area contributed by atoms with Gasteiger partial charge < -0.3 is 14.5 Å². The van der Waals surface area contributed by atoms with Gasteiger partial charge in [-0.3, -0.25) is 4.84 Å². The number of nitrogens with zero attached hydrogens (tertiary/aromatic N) is 2. The lowest BCUT2D eigenvalue weighted by Gasteiger charge is -2.35. The molecule has 2 aromatic carbocycles. The first-order valence-electron chi connectivity index (χ1n) is 8.36. The van der Waals surface area contributed by atoms with E-state index in [4.69, 9.17) is 9.57 Å². The molecule has 1 saturated heterocycles. The van der Waals surface area contributed by atoms with Crippen molar-refractivity contribution < 1.29 is 14.4 Å². The Labute approximate surface area is 147 Å². The second-order valence-electron chi connectivity index (χ2n) is 5.85. The van der Waals surface area contributed by atoms with Crippen LogP contribution in [0.15, 0.2) is 54.6 Å². The van der Waals surface area contributed by atoms with Crippen molar-refractivity contribution in [2.45, 2.75) is 6.61 Å². The maximum atomic E-state index is 12.2. The molecule has 1 N–H and O–H groups in total. The van der Waals surface area contributed by atoms with Crippen molar-refractivity contribution in [3.63, 3.8) is 0 Å². The van der Waals surface area contributed by atoms with Crippen molar-refractivity contribution in [2.24, 2.45) is 0 Å². The number of amides is 2. The highest BCUT2D eigenvalue weighted by Gasteiger charge is 2.21. The number of anilines is 1. The van der Waals surface area contributed by atoms with Crippen LogP contribution in [0.25, 0.3) is 0 Å². The Hall–Kier alpha value is -2.73. The maximum Gasteiger partial charge on any atom is 0.341 e. The molecule has 3 rings (SSSR count). The number of ether oxygens (including phenoxy) is 1. The molecule has 1 heterocycles. The monoisotopic (exact) mass is 341 g/mol. The third-order valence-corrected chi connectivity index (χ3v) is 4.25. The van der Waals surface area contributed by atoms with Crippen LogP contribution in [-0.2, 0) is 11.4 Å². The average molecular weight is 341 g/mol. The predicted molar refractivity (Wildman–Crippen MR) is 96.5 cm³/mol. The summed E-state index contributed by atoms with van der Waals surface area (Å²) in [4.78, 5) is 21.5. The van der Waals surface area contributed by atoms with Gasteiger partial charge in [0, 0.05) is 31.9 Å². The van der Waals surface area contributed by atoms with E-state index in [1.807, 2.05) is 54.6 Å². The molecule has 0 aliphatic carbocycles. The molecule has 1 fully saturated rings. The highest BCUT2D eigenvalue weighted by molar-refractivity contribution is 5.73. The Morgan fingerprint density at radius 2 is 1.68 bits per heavy atom. The summed E-state index contributed by atoms with van der Waals surface area (Å²) in [6.07, 6.45) is 0. The molecule has 25 heavy (non-hydrogen) atoms. The zero-order chi connectivity index (χ0) is 17.5. The van der Waals surface area contributed by atoms with Gasteiger partial charge in [0.15, 0.2) is 0 Å². The van der Waals surface area contributed by atoms with E-state index >= 15 is 0 Å². The predicted octanol–water partition coefficient (Wildman–Crippen LogP) is 2.66. The van der Waals surface area contributed by atoms with Gasteiger partial charge in [-0.05, 0) is 29.8 Å². The van der Waals surface area contributed by atoms with Crippen molar-refractivity contribution in [3.05, 3.63) is 60.2 Å². The largest absolute Gasteiger partial charge is 0.497 e. The first kappa shape index (κ1) is 17.1. The molecule has 6 heteroatoms. The molecule has 2 aromatic rings. The van der Waals surface area contributed by atoms with Gasteiger partial charge >= 0.3 is 6.03 Å². The number of urea groups is 1. The lowest BCUT2D eigenvalue weighted by molar-refractivity contribution is 0.0359. The Kier molecular flexibility index (Phi) is 5.74. The number of carbonyl (C=O) groups is 1. The second kappa shape index (κ2) is 8.39. The number of piperazine rings is 1. The first-order chi connectivity index (χ1) is 12.3. The van der Waals surface area contributed by atoms with Gasteiger partial charge in [-0.2, -0.15) is 0 Å². The van der Waals surface area contributed by atoms with Crippen LogP contribution < -0.4 is 15.1 Å². The van der Waals surface area contributed by atoms with Gasteiger partial charge in [0.25, 0.3) is 0 Å². The van der Waals surface area contributed by atoms with Crippen LogP contribution in [0.5, 0.6) is 5.75 Å². The molecule has 0 atom stereocenters. The quantitative estimate of drug-likeness (QED) is 0.850. The summed E-state index contributed by atoms with van der Waals surface area (Å²) in [5, 5.41) is 0. The number of rotatable bonds is 5. The second-order valence-corrected chi connectivity index (χ2v) is 5.85. The number of hydrogen-bond donors (Lipinski definition) is 1. The van der Waals surface area contributed by atoms with Crippen LogP contribution in [0.3, 0.4) is 0 Å². The van der Waals surface area contributed by atoms with Gasteiger partial charge in [-0.25, -0.2) is 10.3 Å². The number of hydroxylamine groups is 1. The number of nitrogens with one attached hydrogen (secondary N) is 1. The van der Waals surface area contributed by atoms with Gasteiger partial charge in [-0.1, -0.05) is 30.3 Å². The third-order valence-electron chi connectivity index (χ3n) is 4.25. The molecule has 0 radical (unpaired) electrons. The minimum absolute atomic E-state index is 0.190. The number of benzene rings is 2. The van der Waals surface area contributed by atoms with Crippen LogP contribution in [0.4, 0.5) is 10.5 Å². The van der Waals surface area contributed by atoms with Crippen molar-refractivity contribution in [1.82, 2.24) is 10.4 Å². The molecule has 0 bridgehead atoms. The maximum absolute atomic E-state index is 12.2. The molecular formula is C19H23N3O3. The lowest BCUT2D eigenvalue weighted by Crippen LogP contribution is -2.51. The zero-order valence-electron chi connectivity index (χ0n) is 14.4. The van der Waals surface area contributed by atoms with E-state index in [-0.39, 0.29) is 6.03 Å². The lowest BCUT2D eigenvalue weighted by atomic mass is 10.2. The fourth-order valence-electron chi connectivity index (χ4n) is 2.78. The molecule has 2 amide bonds. The molecule has 0 aromatic heterocycles. The topological polar surface area (TPSA) is 54.0 Å². The van der Waals surface area contributed by atoms with E-state index in [0.29, 0.717) is 19.7 Å². The summed E-state index contributed by atoms with van der Waals surface area (Å²) < 4.78 is 5.18. The summed E-state index contributed by atoms with van der Waals surface area (Å²) in [6, 6.07) is 17.5. The summed E-state index contributed by atoms with van der Waals surface area (Å²) in [6.45, 7) is 3.26. The smallest absolute Gasteiger partial charge is 0.341 e. The summed E-state index contributed by atoms with van der Waals surface area (Å²) in [5.41, 5.74) is 4.68. The Morgan fingerprint density at radius 3 is 2.32 bits per heavy atom. The summed E-state index contributed by atoms with van der Waals surface area (Å²) >= 11 is 0. The Bertz CT molecular complexity index is 668. The van der Waals surface area contributed by atoms with E-state index in [1.165, 1.54) is 0 Å². The number of hydrogen-bond acceptors (Lipinski definition) is 4. The highest BCUT2D eigenvalue weighted by atomic mass is 16.7. The van der Waals surface area contributed by atoms with Crippen LogP contribution in [0.2, 0.25) is 0 Å². The standard InChI is InChI=1S/C19H23N3O3/c1-24-18-9-7-17(8-10-18)21-11-13-22(14-12-21)19(23)20-25-15-16-5-3-2-4-6-16/h2-10H,11-15H2,1H3,(H,20,23). The van der Waals surface area contributed by atoms with E-state index in [2.05, 4.69) is 10.4 Å². The molecule has 132 valence electrons. The Balaban J connectivity index is 1.42. The van der Waals surface area contributed by atoms with E-state index in [0.717, 1.165) is 30.1 Å². The van der Waals surface area contributed by atoms with Crippen LogP contribution >= 0.6 is 0 Å². The van der Waals surface area contributed by atoms with E-state index in [9.17, 15) is 4.79 Å². The van der Waals surface area contributed by atoms with Crippen LogP contribution in [0.1, 0.15) is 5.56 Å². The number of carbonyl (C=O) groups excluding carboxylic acids is 1. The van der Waals surface area contributed by atoms with Crippen LogP contribution in [-0.4, -0.2) is 44.2 Å². The SMILES string of the molecule is COc1ccc(N2CCN(C(=O)NOCc3ccccc3)CC2)cc1. The van der Waals surface area contributed by atoms with Gasteiger partial charge in [0.05, 0.1) is 13.7 Å². The van der Waals surface area contributed by atoms with Crippen molar-refractivity contribution in [1.29, 1.82) is 0 Å². The fourth-order valence-corrected chi connectivity index (χ4v) is 2.78. The van der Waals surface area contributed by atoms with Crippen molar-refractivity contribution >= 4 is 11.7 Å². The number of methoxy groups -OCH3 is 1. The third kappa shape index (κ3) is 4.64. The van der Waals surface area contributed by atoms with E-state index in [1.54, 1.807) is 12.0 Å². The van der Waals surface area contributed by atoms with Gasteiger partial charge in [0.1, 0.15) is 5.75 Å². The zero-order valence-corrected chi connectivity index (χ0v) is 14.4. The van der Waals surface area contributed by atoms with Crippen LogP contribution in [0, 0.1) is 0 Å². The molecule has 6 nitrogen and oxygen atoms in total. The van der Waals surface area contributed by atoms with Gasteiger partial charge in [-0.15, -0.1) is 0 Å². The van der Waals surface area contributed by atoms with E-state index < -0.39 is 0 Å². The molecule has 1 aliphatic rings. The Morgan fingerprint density at radius 1 is 1.00 bits per heavy atom. The molecular weight excluding hydrogens is 318 g/mol. The molecule has 1 aliphatic heterocycles. The first-order valence-corrected chi connectivity index (χ1v) is 8.36. The highest BCUT2D eigenvalue weighted by Crippen LogP contribution is 2.20. The van der Waals surface area contributed by atoms with Crippen molar-refractivity contribution in [3.8, 4) is 5.75 Å².